The molecule has 0 fully saturated rings. The highest BCUT2D eigenvalue weighted by molar-refractivity contribution is 7.80. The zero-order valence-electron chi connectivity index (χ0n) is 17.1. The number of aromatic hydroxyl groups is 1. The second-order valence-electron chi connectivity index (χ2n) is 6.93. The number of allylic oxidation sites excluding steroid dienone is 1. The molecule has 3 rings (SSSR count). The number of benzene rings is 2. The average Bonchev–Trinajstić information content (AvgIpc) is 2.69. The predicted octanol–water partition coefficient (Wildman–Crippen LogP) is 3.90. The zero-order valence-corrected chi connectivity index (χ0v) is 17.9. The first kappa shape index (κ1) is 20.7. The molecule has 152 valence electrons. The number of phenolic OH excluding ortho intramolecular Hbond substituents is 1. The minimum atomic E-state index is -0.562. The first-order chi connectivity index (χ1) is 13.8. The van der Waals surface area contributed by atoms with Gasteiger partial charge in [0, 0.05) is 5.70 Å². The maximum absolute atomic E-state index is 12.7. The lowest BCUT2D eigenvalue weighted by Crippen LogP contribution is -2.48. The Morgan fingerprint density at radius 2 is 1.86 bits per heavy atom. The Bertz CT molecular complexity index is 1020. The summed E-state index contributed by atoms with van der Waals surface area (Å²) >= 11 is 5.66. The van der Waals surface area contributed by atoms with E-state index in [1.807, 2.05) is 43.9 Å². The first-order valence-corrected chi connectivity index (χ1v) is 9.53. The van der Waals surface area contributed by atoms with Crippen LogP contribution in [0.4, 0.5) is 5.69 Å². The van der Waals surface area contributed by atoms with E-state index in [0.717, 1.165) is 16.8 Å². The Kier molecular flexibility index (Phi) is 5.79. The Hall–Kier alpha value is -3.06. The van der Waals surface area contributed by atoms with Gasteiger partial charge in [-0.1, -0.05) is 18.2 Å². The number of carbonyl (C=O) groups excluding carboxylic acids is 1. The molecular weight excluding hydrogens is 388 g/mol. The van der Waals surface area contributed by atoms with Gasteiger partial charge in [0.15, 0.2) is 16.6 Å². The van der Waals surface area contributed by atoms with Gasteiger partial charge in [-0.15, -0.1) is 0 Å². The van der Waals surface area contributed by atoms with Gasteiger partial charge in [-0.3, -0.25) is 4.90 Å². The fourth-order valence-electron chi connectivity index (χ4n) is 3.50. The molecule has 1 aliphatic heterocycles. The molecule has 1 aliphatic rings. The van der Waals surface area contributed by atoms with E-state index < -0.39 is 12.0 Å². The summed E-state index contributed by atoms with van der Waals surface area (Å²) in [6, 6.07) is 10.5. The summed E-state index contributed by atoms with van der Waals surface area (Å²) in [5.41, 5.74) is 4.79. The number of carbonyl (C=O) groups is 1. The van der Waals surface area contributed by atoms with Crippen molar-refractivity contribution in [1.82, 2.24) is 5.32 Å². The monoisotopic (exact) mass is 412 g/mol. The summed E-state index contributed by atoms with van der Waals surface area (Å²) in [5.74, 6) is -0.130. The Labute approximate surface area is 175 Å². The van der Waals surface area contributed by atoms with Crippen LogP contribution in [0.1, 0.15) is 29.7 Å². The smallest absolute Gasteiger partial charge is 0.337 e. The molecule has 0 saturated heterocycles. The molecule has 0 saturated carbocycles. The summed E-state index contributed by atoms with van der Waals surface area (Å²) in [4.78, 5) is 14.6. The van der Waals surface area contributed by atoms with Crippen LogP contribution in [-0.4, -0.2) is 30.4 Å². The molecular formula is C22H24N2O4S. The average molecular weight is 413 g/mol. The van der Waals surface area contributed by atoms with E-state index in [4.69, 9.17) is 21.7 Å². The molecule has 0 spiro atoms. The molecule has 2 aromatic carbocycles. The molecule has 2 aromatic rings. The second kappa shape index (κ2) is 8.13. The summed E-state index contributed by atoms with van der Waals surface area (Å²) in [5, 5.41) is 13.9. The Morgan fingerprint density at radius 1 is 1.14 bits per heavy atom. The van der Waals surface area contributed by atoms with Gasteiger partial charge in [0.2, 0.25) is 0 Å². The number of aryl methyl sites for hydroxylation is 2. The number of esters is 1. The molecule has 0 aliphatic carbocycles. The number of hydrogen-bond acceptors (Lipinski definition) is 5. The third kappa shape index (κ3) is 3.78. The van der Waals surface area contributed by atoms with Crippen molar-refractivity contribution in [1.29, 1.82) is 0 Å². The van der Waals surface area contributed by atoms with Crippen molar-refractivity contribution in [3.63, 3.8) is 0 Å². The van der Waals surface area contributed by atoms with Crippen LogP contribution in [0.2, 0.25) is 0 Å². The summed E-state index contributed by atoms with van der Waals surface area (Å²) < 4.78 is 10.2. The summed E-state index contributed by atoms with van der Waals surface area (Å²) in [7, 11) is 2.83. The van der Waals surface area contributed by atoms with Crippen LogP contribution in [0.5, 0.6) is 11.5 Å². The van der Waals surface area contributed by atoms with Crippen LogP contribution in [0.15, 0.2) is 47.7 Å². The SMILES string of the molecule is COC(=O)C1=C(C)N(c2cc(C)ccc2C)C(=S)N[C@@H]1c1ccc(OC)c(O)c1. The topological polar surface area (TPSA) is 71.0 Å². The number of thiocarbonyl (C=S) groups is 1. The van der Waals surface area contributed by atoms with Crippen LogP contribution >= 0.6 is 12.2 Å². The van der Waals surface area contributed by atoms with E-state index in [1.165, 1.54) is 14.2 Å². The van der Waals surface area contributed by atoms with Crippen molar-refractivity contribution in [2.75, 3.05) is 19.1 Å². The maximum atomic E-state index is 12.7. The number of methoxy groups -OCH3 is 2. The predicted molar refractivity (Wildman–Crippen MR) is 116 cm³/mol. The van der Waals surface area contributed by atoms with Crippen molar-refractivity contribution >= 4 is 29.0 Å². The van der Waals surface area contributed by atoms with E-state index in [-0.39, 0.29) is 5.75 Å². The molecule has 0 bridgehead atoms. The van der Waals surface area contributed by atoms with E-state index in [2.05, 4.69) is 5.32 Å². The van der Waals surface area contributed by atoms with Crippen LogP contribution in [0, 0.1) is 13.8 Å². The minimum Gasteiger partial charge on any atom is -0.504 e. The standard InChI is InChI=1S/C22H24N2O4S/c1-12-6-7-13(2)16(10-12)24-14(3)19(21(26)28-5)20(23-22(24)29)15-8-9-18(27-4)17(25)11-15/h6-11,20,25H,1-5H3,(H,23,29)/t20-/m1/s1. The molecule has 0 radical (unpaired) electrons. The number of hydrogen-bond donors (Lipinski definition) is 2. The normalized spacial score (nSPS) is 16.5. The van der Waals surface area contributed by atoms with Crippen LogP contribution in [0.25, 0.3) is 0 Å². The van der Waals surface area contributed by atoms with Crippen LogP contribution < -0.4 is 15.0 Å². The van der Waals surface area contributed by atoms with Gasteiger partial charge in [-0.25, -0.2) is 4.79 Å². The fraction of sp³-hybridized carbons (Fsp3) is 0.273. The molecule has 1 atom stereocenters. The molecule has 0 aromatic heterocycles. The number of nitrogens with zero attached hydrogens (tertiary/aromatic N) is 1. The van der Waals surface area contributed by atoms with E-state index in [9.17, 15) is 9.90 Å². The molecule has 29 heavy (non-hydrogen) atoms. The van der Waals surface area contributed by atoms with Crippen molar-refractivity contribution < 1.29 is 19.4 Å². The third-order valence-corrected chi connectivity index (χ3v) is 5.33. The lowest BCUT2D eigenvalue weighted by atomic mass is 9.94. The molecule has 1 heterocycles. The molecule has 0 amide bonds. The zero-order chi connectivity index (χ0) is 21.3. The largest absolute Gasteiger partial charge is 0.504 e. The number of anilines is 1. The highest BCUT2D eigenvalue weighted by atomic mass is 32.1. The number of rotatable bonds is 4. The first-order valence-electron chi connectivity index (χ1n) is 9.12. The van der Waals surface area contributed by atoms with Crippen molar-refractivity contribution in [3.8, 4) is 11.5 Å². The molecule has 6 nitrogen and oxygen atoms in total. The highest BCUT2D eigenvalue weighted by Crippen LogP contribution is 2.38. The summed E-state index contributed by atoms with van der Waals surface area (Å²) in [6.45, 7) is 5.85. The van der Waals surface area contributed by atoms with Gasteiger partial charge in [0.25, 0.3) is 0 Å². The summed E-state index contributed by atoms with van der Waals surface area (Å²) in [6.07, 6.45) is 0. The van der Waals surface area contributed by atoms with Gasteiger partial charge < -0.3 is 19.9 Å². The second-order valence-corrected chi connectivity index (χ2v) is 7.32. The van der Waals surface area contributed by atoms with Crippen LogP contribution in [-0.2, 0) is 9.53 Å². The highest BCUT2D eigenvalue weighted by Gasteiger charge is 2.36. The van der Waals surface area contributed by atoms with Crippen LogP contribution in [0.3, 0.4) is 0 Å². The maximum Gasteiger partial charge on any atom is 0.337 e. The minimum absolute atomic E-state index is 0.0171. The molecule has 2 N–H and O–H groups in total. The van der Waals surface area contributed by atoms with E-state index >= 15 is 0 Å². The van der Waals surface area contributed by atoms with Crippen molar-refractivity contribution in [2.45, 2.75) is 26.8 Å². The van der Waals surface area contributed by atoms with Crippen molar-refractivity contribution in [3.05, 3.63) is 64.4 Å². The number of phenols is 1. The van der Waals surface area contributed by atoms with Gasteiger partial charge in [-0.2, -0.15) is 0 Å². The van der Waals surface area contributed by atoms with Gasteiger partial charge in [0.05, 0.1) is 31.5 Å². The quantitative estimate of drug-likeness (QED) is 0.583. The molecule has 0 unspecified atom stereocenters. The van der Waals surface area contributed by atoms with Gasteiger partial charge >= 0.3 is 5.97 Å². The third-order valence-electron chi connectivity index (χ3n) is 5.03. The number of ether oxygens (including phenoxy) is 2. The lowest BCUT2D eigenvalue weighted by molar-refractivity contribution is -0.136. The molecule has 7 heteroatoms. The Balaban J connectivity index is 2.17. The van der Waals surface area contributed by atoms with Crippen molar-refractivity contribution in [2.24, 2.45) is 0 Å². The Morgan fingerprint density at radius 3 is 2.48 bits per heavy atom. The lowest BCUT2D eigenvalue weighted by Gasteiger charge is -2.38. The fourth-order valence-corrected chi connectivity index (χ4v) is 3.86. The van der Waals surface area contributed by atoms with Gasteiger partial charge in [0.1, 0.15) is 0 Å². The van der Waals surface area contributed by atoms with E-state index in [0.29, 0.717) is 27.7 Å². The number of nitrogens with one attached hydrogen (secondary N) is 1. The van der Waals surface area contributed by atoms with Gasteiger partial charge in [-0.05, 0) is 67.9 Å². The van der Waals surface area contributed by atoms with E-state index in [1.54, 1.807) is 18.2 Å².